The smallest absolute Gasteiger partial charge is 0.282 e. The van der Waals surface area contributed by atoms with E-state index in [0.717, 1.165) is 0 Å². The second kappa shape index (κ2) is 7.94. The summed E-state index contributed by atoms with van der Waals surface area (Å²) in [7, 11) is -1.56. The Morgan fingerprint density at radius 1 is 1.33 bits per heavy atom. The fourth-order valence-electron chi connectivity index (χ4n) is 1.99. The van der Waals surface area contributed by atoms with Crippen LogP contribution in [0.1, 0.15) is 12.5 Å². The minimum atomic E-state index is -2.78. The largest absolute Gasteiger partial charge is 0.437 e. The first-order valence-corrected chi connectivity index (χ1v) is 8.83. The highest BCUT2D eigenvalue weighted by Gasteiger charge is 2.23. The normalized spacial score (nSPS) is 12.0. The Hall–Kier alpha value is -1.66. The predicted molar refractivity (Wildman–Crippen MR) is 92.4 cm³/mol. The Bertz CT molecular complexity index is 816. The molecule has 1 aromatic carbocycles. The third kappa shape index (κ3) is 4.05. The summed E-state index contributed by atoms with van der Waals surface area (Å²) in [6.45, 7) is 1.81. The molecule has 2 aromatic rings. The zero-order chi connectivity index (χ0) is 17.9. The maximum Gasteiger partial charge on any atom is 0.282 e. The standard InChI is InChI=1S/C14H13Cl2N2O5P/c1-3-8-4-11(18(19)20)13(24(21)22-2)6-12(8)23-14-10(16)5-9(15)7-17-14/h4-7,24H,3H2,1-2H3. The van der Waals surface area contributed by atoms with Crippen molar-refractivity contribution in [2.24, 2.45) is 0 Å². The Morgan fingerprint density at radius 3 is 2.58 bits per heavy atom. The average molecular weight is 391 g/mol. The van der Waals surface area contributed by atoms with Gasteiger partial charge in [0, 0.05) is 31.0 Å². The van der Waals surface area contributed by atoms with Crippen molar-refractivity contribution < 1.29 is 18.7 Å². The van der Waals surface area contributed by atoms with Crippen molar-refractivity contribution in [3.05, 3.63) is 50.1 Å². The number of nitro groups is 1. The monoisotopic (exact) mass is 390 g/mol. The molecule has 0 spiro atoms. The summed E-state index contributed by atoms with van der Waals surface area (Å²) >= 11 is 11.8. The molecule has 1 unspecified atom stereocenters. The molecule has 0 fully saturated rings. The van der Waals surface area contributed by atoms with E-state index in [0.29, 0.717) is 17.0 Å². The van der Waals surface area contributed by atoms with Crippen molar-refractivity contribution in [2.45, 2.75) is 13.3 Å². The number of aromatic nitrogens is 1. The highest BCUT2D eigenvalue weighted by Crippen LogP contribution is 2.35. The fourth-order valence-corrected chi connectivity index (χ4v) is 3.25. The van der Waals surface area contributed by atoms with Gasteiger partial charge in [-0.25, -0.2) is 4.98 Å². The molecule has 0 radical (unpaired) electrons. The van der Waals surface area contributed by atoms with Crippen LogP contribution in [-0.2, 0) is 15.5 Å². The van der Waals surface area contributed by atoms with Gasteiger partial charge >= 0.3 is 0 Å². The molecule has 0 aliphatic rings. The number of ether oxygens (including phenoxy) is 1. The molecule has 10 heteroatoms. The number of hydrogen-bond donors (Lipinski definition) is 0. The van der Waals surface area contributed by atoms with Crippen LogP contribution in [0.2, 0.25) is 10.0 Å². The van der Waals surface area contributed by atoms with Crippen molar-refractivity contribution in [1.29, 1.82) is 0 Å². The Balaban J connectivity index is 2.56. The summed E-state index contributed by atoms with van der Waals surface area (Å²) in [5.74, 6) is 0.359. The van der Waals surface area contributed by atoms with E-state index in [9.17, 15) is 14.7 Å². The van der Waals surface area contributed by atoms with E-state index in [1.807, 2.05) is 6.92 Å². The number of hydrogen-bond acceptors (Lipinski definition) is 6. The van der Waals surface area contributed by atoms with E-state index in [1.165, 1.54) is 31.5 Å². The van der Waals surface area contributed by atoms with E-state index in [-0.39, 0.29) is 27.6 Å². The Morgan fingerprint density at radius 2 is 2.04 bits per heavy atom. The van der Waals surface area contributed by atoms with Crippen LogP contribution >= 0.6 is 31.2 Å². The fraction of sp³-hybridized carbons (Fsp3) is 0.214. The van der Waals surface area contributed by atoms with E-state index >= 15 is 0 Å². The highest BCUT2D eigenvalue weighted by molar-refractivity contribution is 7.48. The van der Waals surface area contributed by atoms with Crippen molar-refractivity contribution in [3.8, 4) is 11.6 Å². The molecule has 1 atom stereocenters. The maximum atomic E-state index is 12.0. The van der Waals surface area contributed by atoms with Gasteiger partial charge in [0.1, 0.15) is 16.1 Å². The molecule has 1 heterocycles. The molecule has 0 saturated heterocycles. The average Bonchev–Trinajstić information content (AvgIpc) is 2.55. The molecular formula is C14H13Cl2N2O5P. The Labute approximate surface area is 148 Å². The first-order chi connectivity index (χ1) is 11.4. The van der Waals surface area contributed by atoms with Gasteiger partial charge < -0.3 is 9.26 Å². The highest BCUT2D eigenvalue weighted by atomic mass is 35.5. The first kappa shape index (κ1) is 18.7. The molecule has 0 aliphatic carbocycles. The van der Waals surface area contributed by atoms with Crippen LogP contribution in [0.15, 0.2) is 24.4 Å². The number of aryl methyl sites for hydroxylation is 1. The van der Waals surface area contributed by atoms with E-state index < -0.39 is 13.0 Å². The first-order valence-electron chi connectivity index (χ1n) is 6.75. The molecular weight excluding hydrogens is 378 g/mol. The van der Waals surface area contributed by atoms with Gasteiger partial charge in [-0.05, 0) is 12.5 Å². The summed E-state index contributed by atoms with van der Waals surface area (Å²) in [6, 6.07) is 4.10. The molecule has 24 heavy (non-hydrogen) atoms. The van der Waals surface area contributed by atoms with Crippen molar-refractivity contribution in [2.75, 3.05) is 7.11 Å². The molecule has 1 aromatic heterocycles. The van der Waals surface area contributed by atoms with Gasteiger partial charge in [0.2, 0.25) is 13.9 Å². The van der Waals surface area contributed by atoms with Crippen LogP contribution in [0.25, 0.3) is 0 Å². The van der Waals surface area contributed by atoms with Crippen molar-refractivity contribution in [1.82, 2.24) is 4.98 Å². The van der Waals surface area contributed by atoms with Crippen molar-refractivity contribution in [3.63, 3.8) is 0 Å². The van der Waals surface area contributed by atoms with Gasteiger partial charge in [0.25, 0.3) is 5.69 Å². The molecule has 0 saturated carbocycles. The summed E-state index contributed by atoms with van der Waals surface area (Å²) in [5, 5.41) is 11.7. The number of rotatable bonds is 6. The quantitative estimate of drug-likeness (QED) is 0.412. The minimum absolute atomic E-state index is 0.0372. The number of pyridine rings is 1. The summed E-state index contributed by atoms with van der Waals surface area (Å²) in [5.41, 5.74) is 0.268. The van der Waals surface area contributed by atoms with Gasteiger partial charge in [-0.1, -0.05) is 30.1 Å². The third-order valence-corrected chi connectivity index (χ3v) is 4.83. The molecule has 0 bridgehead atoms. The topological polar surface area (TPSA) is 91.6 Å². The molecule has 0 amide bonds. The maximum absolute atomic E-state index is 12.0. The second-order valence-electron chi connectivity index (χ2n) is 4.62. The lowest BCUT2D eigenvalue weighted by molar-refractivity contribution is -0.383. The van der Waals surface area contributed by atoms with Gasteiger partial charge in [-0.3, -0.25) is 14.7 Å². The van der Waals surface area contributed by atoms with Crippen LogP contribution in [0, 0.1) is 10.1 Å². The Kier molecular flexibility index (Phi) is 6.18. The second-order valence-corrected chi connectivity index (χ2v) is 6.99. The van der Waals surface area contributed by atoms with Crippen molar-refractivity contribution >= 4 is 42.2 Å². The van der Waals surface area contributed by atoms with Crippen LogP contribution in [-0.4, -0.2) is 17.0 Å². The van der Waals surface area contributed by atoms with Crippen LogP contribution in [0.4, 0.5) is 5.69 Å². The number of nitro benzene ring substituents is 1. The van der Waals surface area contributed by atoms with E-state index in [1.54, 1.807) is 0 Å². The zero-order valence-electron chi connectivity index (χ0n) is 12.7. The summed E-state index contributed by atoms with van der Waals surface area (Å²) in [4.78, 5) is 14.6. The van der Waals surface area contributed by atoms with Gasteiger partial charge in [0.15, 0.2) is 0 Å². The molecule has 0 aliphatic heterocycles. The third-order valence-electron chi connectivity index (χ3n) is 3.14. The number of halogens is 2. The summed E-state index contributed by atoms with van der Waals surface area (Å²) < 4.78 is 22.4. The zero-order valence-corrected chi connectivity index (χ0v) is 15.2. The van der Waals surface area contributed by atoms with Gasteiger partial charge in [-0.15, -0.1) is 0 Å². The van der Waals surface area contributed by atoms with Gasteiger partial charge in [0.05, 0.1) is 9.95 Å². The molecule has 128 valence electrons. The summed E-state index contributed by atoms with van der Waals surface area (Å²) in [6.07, 6.45) is 1.81. The lowest BCUT2D eigenvalue weighted by atomic mass is 10.1. The van der Waals surface area contributed by atoms with E-state index in [4.69, 9.17) is 32.5 Å². The van der Waals surface area contributed by atoms with E-state index in [2.05, 4.69) is 4.98 Å². The SMILES string of the molecule is CCc1cc([N+](=O)[O-])c([PH](=O)OC)cc1Oc1ncc(Cl)cc1Cl. The molecule has 2 rings (SSSR count). The lowest BCUT2D eigenvalue weighted by Gasteiger charge is -2.12. The van der Waals surface area contributed by atoms with Gasteiger partial charge in [-0.2, -0.15) is 0 Å². The molecule has 7 nitrogen and oxygen atoms in total. The number of benzene rings is 1. The molecule has 0 N–H and O–H groups in total. The van der Waals surface area contributed by atoms with Crippen LogP contribution in [0.3, 0.4) is 0 Å². The predicted octanol–water partition coefficient (Wildman–Crippen LogP) is 4.40. The van der Waals surface area contributed by atoms with Crippen LogP contribution in [0.5, 0.6) is 11.6 Å². The number of nitrogens with zero attached hydrogens (tertiary/aromatic N) is 2. The lowest BCUT2D eigenvalue weighted by Crippen LogP contribution is -2.09. The minimum Gasteiger partial charge on any atom is -0.437 e. The van der Waals surface area contributed by atoms with Crippen LogP contribution < -0.4 is 10.0 Å².